The fourth-order valence-corrected chi connectivity index (χ4v) is 2.98. The van der Waals surface area contributed by atoms with E-state index in [9.17, 15) is 4.79 Å². The smallest absolute Gasteiger partial charge is 0.242 e. The predicted molar refractivity (Wildman–Crippen MR) is 110 cm³/mol. The van der Waals surface area contributed by atoms with E-state index in [1.807, 2.05) is 60.7 Å². The lowest BCUT2D eigenvalue weighted by atomic mass is 10.1. The molecule has 2 heterocycles. The second-order valence-corrected chi connectivity index (χ2v) is 7.10. The van der Waals surface area contributed by atoms with Crippen molar-refractivity contribution in [3.8, 4) is 34.0 Å². The first-order valence-electron chi connectivity index (χ1n) is 9.02. The van der Waals surface area contributed by atoms with Gasteiger partial charge in [0.25, 0.3) is 0 Å². The van der Waals surface area contributed by atoms with Crippen molar-refractivity contribution >= 4 is 23.2 Å². The molecule has 0 saturated heterocycles. The SMILES string of the molecule is CC(Cl)C(=O)Nc1ccc(-c2cccc(-c3ccc4c(c3)OCCO4)n2)cc1. The summed E-state index contributed by atoms with van der Waals surface area (Å²) >= 11 is 5.79. The Morgan fingerprint density at radius 3 is 2.32 bits per heavy atom. The molecule has 0 radical (unpaired) electrons. The van der Waals surface area contributed by atoms with Crippen LogP contribution in [0.5, 0.6) is 11.5 Å². The zero-order chi connectivity index (χ0) is 19.5. The van der Waals surface area contributed by atoms with Crippen LogP contribution in [0.1, 0.15) is 6.92 Å². The van der Waals surface area contributed by atoms with Crippen LogP contribution in [0, 0.1) is 0 Å². The maximum Gasteiger partial charge on any atom is 0.242 e. The van der Waals surface area contributed by atoms with Gasteiger partial charge < -0.3 is 14.8 Å². The van der Waals surface area contributed by atoms with Gasteiger partial charge in [-0.1, -0.05) is 18.2 Å². The third-order valence-corrected chi connectivity index (χ3v) is 4.59. The zero-order valence-corrected chi connectivity index (χ0v) is 16.1. The summed E-state index contributed by atoms with van der Waals surface area (Å²) in [7, 11) is 0. The number of hydrogen-bond acceptors (Lipinski definition) is 4. The molecule has 0 aliphatic carbocycles. The number of benzene rings is 2. The number of carbonyl (C=O) groups is 1. The normalized spacial score (nSPS) is 13.6. The van der Waals surface area contributed by atoms with Crippen LogP contribution in [0.15, 0.2) is 60.7 Å². The van der Waals surface area contributed by atoms with E-state index in [0.29, 0.717) is 18.9 Å². The van der Waals surface area contributed by atoms with Crippen molar-refractivity contribution < 1.29 is 14.3 Å². The van der Waals surface area contributed by atoms with Crippen molar-refractivity contribution in [3.05, 3.63) is 60.7 Å². The average Bonchev–Trinajstić information content (AvgIpc) is 2.74. The second kappa shape index (κ2) is 7.90. The van der Waals surface area contributed by atoms with Gasteiger partial charge in [0.1, 0.15) is 18.6 Å². The van der Waals surface area contributed by atoms with Crippen LogP contribution in [0.2, 0.25) is 0 Å². The third-order valence-electron chi connectivity index (χ3n) is 4.40. The zero-order valence-electron chi connectivity index (χ0n) is 15.3. The molecule has 1 unspecified atom stereocenters. The summed E-state index contributed by atoms with van der Waals surface area (Å²) in [6.07, 6.45) is 0. The maximum absolute atomic E-state index is 11.7. The molecule has 1 aliphatic rings. The summed E-state index contributed by atoms with van der Waals surface area (Å²) in [6, 6.07) is 19.2. The van der Waals surface area contributed by atoms with Gasteiger partial charge in [-0.2, -0.15) is 0 Å². The van der Waals surface area contributed by atoms with Crippen LogP contribution in [-0.4, -0.2) is 29.5 Å². The number of alkyl halides is 1. The molecular weight excluding hydrogens is 376 g/mol. The Hall–Kier alpha value is -3.05. The summed E-state index contributed by atoms with van der Waals surface area (Å²) in [4.78, 5) is 16.5. The minimum Gasteiger partial charge on any atom is -0.486 e. The van der Waals surface area contributed by atoms with Crippen molar-refractivity contribution in [1.29, 1.82) is 0 Å². The van der Waals surface area contributed by atoms with Gasteiger partial charge in [0.15, 0.2) is 11.5 Å². The number of rotatable bonds is 4. The summed E-state index contributed by atoms with van der Waals surface area (Å²) in [5.41, 5.74) is 4.31. The molecule has 1 atom stereocenters. The lowest BCUT2D eigenvalue weighted by molar-refractivity contribution is -0.115. The molecule has 1 aliphatic heterocycles. The molecule has 1 aromatic heterocycles. The highest BCUT2D eigenvalue weighted by Crippen LogP contribution is 2.34. The highest BCUT2D eigenvalue weighted by atomic mass is 35.5. The molecule has 6 heteroatoms. The van der Waals surface area contributed by atoms with E-state index in [-0.39, 0.29) is 5.91 Å². The Bertz CT molecular complexity index is 1000. The number of aromatic nitrogens is 1. The van der Waals surface area contributed by atoms with Gasteiger partial charge in [-0.05, 0) is 49.4 Å². The van der Waals surface area contributed by atoms with Gasteiger partial charge in [-0.3, -0.25) is 4.79 Å². The summed E-state index contributed by atoms with van der Waals surface area (Å²) in [5.74, 6) is 1.27. The van der Waals surface area contributed by atoms with Crippen LogP contribution < -0.4 is 14.8 Å². The molecule has 1 amide bonds. The van der Waals surface area contributed by atoms with E-state index in [1.54, 1.807) is 6.92 Å². The molecule has 1 N–H and O–H groups in total. The standard InChI is InChI=1S/C22H19ClN2O3/c1-14(23)22(26)24-17-8-5-15(6-9-17)18-3-2-4-19(25-18)16-7-10-20-21(13-16)28-12-11-27-20/h2-10,13-14H,11-12H2,1H3,(H,24,26). The van der Waals surface area contributed by atoms with Crippen molar-refractivity contribution in [1.82, 2.24) is 4.98 Å². The summed E-state index contributed by atoms with van der Waals surface area (Å²) in [5, 5.41) is 2.19. The van der Waals surface area contributed by atoms with Crippen LogP contribution in [-0.2, 0) is 4.79 Å². The Morgan fingerprint density at radius 2 is 1.61 bits per heavy atom. The number of nitrogens with one attached hydrogen (secondary N) is 1. The van der Waals surface area contributed by atoms with Gasteiger partial charge in [0, 0.05) is 16.8 Å². The van der Waals surface area contributed by atoms with Gasteiger partial charge in [-0.15, -0.1) is 11.6 Å². The molecule has 4 rings (SSSR count). The van der Waals surface area contributed by atoms with Crippen LogP contribution in [0.3, 0.4) is 0 Å². The van der Waals surface area contributed by atoms with Gasteiger partial charge >= 0.3 is 0 Å². The van der Waals surface area contributed by atoms with Gasteiger partial charge in [0.2, 0.25) is 5.91 Å². The molecule has 2 aromatic carbocycles. The molecule has 3 aromatic rings. The predicted octanol–water partition coefficient (Wildman–Crippen LogP) is 4.75. The summed E-state index contributed by atoms with van der Waals surface area (Å²) in [6.45, 7) is 2.76. The minimum absolute atomic E-state index is 0.229. The number of ether oxygens (including phenoxy) is 2. The minimum atomic E-state index is -0.580. The first kappa shape index (κ1) is 18.3. The summed E-state index contributed by atoms with van der Waals surface area (Å²) < 4.78 is 11.2. The van der Waals surface area contributed by atoms with Crippen molar-refractivity contribution in [2.75, 3.05) is 18.5 Å². The number of carbonyl (C=O) groups excluding carboxylic acids is 1. The Kier molecular flexibility index (Phi) is 5.17. The van der Waals surface area contributed by atoms with Gasteiger partial charge in [0.05, 0.1) is 11.4 Å². The quantitative estimate of drug-likeness (QED) is 0.648. The fraction of sp³-hybridized carbons (Fsp3) is 0.182. The Labute approximate surface area is 168 Å². The number of pyridine rings is 1. The van der Waals surface area contributed by atoms with Crippen molar-refractivity contribution in [2.45, 2.75) is 12.3 Å². The average molecular weight is 395 g/mol. The molecule has 0 bridgehead atoms. The number of hydrogen-bond donors (Lipinski definition) is 1. The largest absolute Gasteiger partial charge is 0.486 e. The molecule has 0 fully saturated rings. The maximum atomic E-state index is 11.7. The van der Waals surface area contributed by atoms with E-state index < -0.39 is 5.38 Å². The second-order valence-electron chi connectivity index (χ2n) is 6.45. The molecule has 5 nitrogen and oxygen atoms in total. The molecular formula is C22H19ClN2O3. The van der Waals surface area contributed by atoms with Crippen LogP contribution in [0.4, 0.5) is 5.69 Å². The van der Waals surface area contributed by atoms with Crippen LogP contribution >= 0.6 is 11.6 Å². The number of nitrogens with zero attached hydrogens (tertiary/aromatic N) is 1. The Balaban J connectivity index is 1.58. The monoisotopic (exact) mass is 394 g/mol. The number of fused-ring (bicyclic) bond motifs is 1. The molecule has 28 heavy (non-hydrogen) atoms. The topological polar surface area (TPSA) is 60.5 Å². The van der Waals surface area contributed by atoms with E-state index >= 15 is 0 Å². The van der Waals surface area contributed by atoms with Crippen molar-refractivity contribution in [2.24, 2.45) is 0 Å². The lowest BCUT2D eigenvalue weighted by Gasteiger charge is -2.18. The fourth-order valence-electron chi connectivity index (χ4n) is 2.92. The van der Waals surface area contributed by atoms with E-state index in [0.717, 1.165) is 34.0 Å². The third kappa shape index (κ3) is 3.94. The van der Waals surface area contributed by atoms with E-state index in [4.69, 9.17) is 26.1 Å². The number of halogens is 1. The highest BCUT2D eigenvalue weighted by Gasteiger charge is 2.13. The first-order valence-corrected chi connectivity index (χ1v) is 9.46. The molecule has 0 saturated carbocycles. The number of anilines is 1. The van der Waals surface area contributed by atoms with E-state index in [1.165, 1.54) is 0 Å². The first-order chi connectivity index (χ1) is 13.6. The van der Waals surface area contributed by atoms with Crippen molar-refractivity contribution in [3.63, 3.8) is 0 Å². The number of amides is 1. The molecule has 0 spiro atoms. The van der Waals surface area contributed by atoms with E-state index in [2.05, 4.69) is 5.32 Å². The van der Waals surface area contributed by atoms with Gasteiger partial charge in [-0.25, -0.2) is 4.98 Å². The highest BCUT2D eigenvalue weighted by molar-refractivity contribution is 6.32. The Morgan fingerprint density at radius 1 is 0.964 bits per heavy atom. The molecule has 142 valence electrons. The van der Waals surface area contributed by atoms with Crippen LogP contribution in [0.25, 0.3) is 22.5 Å². The lowest BCUT2D eigenvalue weighted by Crippen LogP contribution is -2.20.